The summed E-state index contributed by atoms with van der Waals surface area (Å²) in [5.41, 5.74) is 5.29. The van der Waals surface area contributed by atoms with Crippen LogP contribution < -0.4 is 11.1 Å². The van der Waals surface area contributed by atoms with E-state index in [1.165, 1.54) is 0 Å². The van der Waals surface area contributed by atoms with Crippen molar-refractivity contribution in [2.45, 2.75) is 33.2 Å². The Morgan fingerprint density at radius 1 is 1.53 bits per heavy atom. The summed E-state index contributed by atoms with van der Waals surface area (Å²) in [7, 11) is 0. The molecule has 4 nitrogen and oxygen atoms in total. The zero-order valence-electron chi connectivity index (χ0n) is 10.0. The maximum atomic E-state index is 11.4. The molecule has 1 unspecified atom stereocenters. The van der Waals surface area contributed by atoms with E-state index in [1.54, 1.807) is 0 Å². The molecule has 0 aromatic carbocycles. The van der Waals surface area contributed by atoms with Crippen LogP contribution in [0.15, 0.2) is 0 Å². The second kappa shape index (κ2) is 7.91. The fourth-order valence-electron chi connectivity index (χ4n) is 0.980. The zero-order chi connectivity index (χ0) is 11.2. The van der Waals surface area contributed by atoms with Crippen molar-refractivity contribution in [1.29, 1.82) is 0 Å². The van der Waals surface area contributed by atoms with Crippen LogP contribution in [0.3, 0.4) is 0 Å². The van der Waals surface area contributed by atoms with Crippen LogP contribution in [-0.4, -0.2) is 31.2 Å². The van der Waals surface area contributed by atoms with Crippen molar-refractivity contribution in [3.8, 4) is 0 Å². The molecule has 0 rings (SSSR count). The average molecular weight is 239 g/mol. The largest absolute Gasteiger partial charge is 0.372 e. The Kier molecular flexibility index (Phi) is 9.01. The van der Waals surface area contributed by atoms with E-state index in [1.807, 2.05) is 27.7 Å². The van der Waals surface area contributed by atoms with Gasteiger partial charge in [0.1, 0.15) is 6.61 Å². The number of nitrogens with two attached hydrogens (primary N) is 1. The van der Waals surface area contributed by atoms with Crippen LogP contribution >= 0.6 is 12.4 Å². The van der Waals surface area contributed by atoms with Crippen LogP contribution in [0.2, 0.25) is 0 Å². The van der Waals surface area contributed by atoms with E-state index in [0.717, 1.165) is 0 Å². The van der Waals surface area contributed by atoms with Gasteiger partial charge in [-0.1, -0.05) is 13.8 Å². The van der Waals surface area contributed by atoms with Gasteiger partial charge < -0.3 is 15.8 Å². The van der Waals surface area contributed by atoms with Gasteiger partial charge in [0.15, 0.2) is 0 Å². The van der Waals surface area contributed by atoms with Crippen molar-refractivity contribution >= 4 is 18.3 Å². The molecule has 0 aliphatic rings. The normalized spacial score (nSPS) is 14.3. The maximum Gasteiger partial charge on any atom is 0.246 e. The summed E-state index contributed by atoms with van der Waals surface area (Å²) in [6.07, 6.45) is 0. The van der Waals surface area contributed by atoms with E-state index in [0.29, 0.717) is 19.1 Å². The van der Waals surface area contributed by atoms with Crippen molar-refractivity contribution in [2.75, 3.05) is 19.8 Å². The summed E-state index contributed by atoms with van der Waals surface area (Å²) in [6.45, 7) is 8.97. The molecule has 3 N–H and O–H groups in total. The number of hydrogen-bond acceptors (Lipinski definition) is 3. The number of carbonyl (C=O) groups excluding carboxylic acids is 1. The van der Waals surface area contributed by atoms with E-state index in [9.17, 15) is 4.79 Å². The van der Waals surface area contributed by atoms with E-state index < -0.39 is 0 Å². The van der Waals surface area contributed by atoms with Crippen LogP contribution in [0.5, 0.6) is 0 Å². The molecule has 0 bridgehead atoms. The lowest BCUT2D eigenvalue weighted by Crippen LogP contribution is -2.55. The lowest BCUT2D eigenvalue weighted by atomic mass is 9.88. The topological polar surface area (TPSA) is 64.3 Å². The number of nitrogens with one attached hydrogen (secondary N) is 1. The monoisotopic (exact) mass is 238 g/mol. The summed E-state index contributed by atoms with van der Waals surface area (Å²) >= 11 is 0. The Labute approximate surface area is 98.3 Å². The molecule has 15 heavy (non-hydrogen) atoms. The molecule has 0 saturated heterocycles. The standard InChI is InChI=1S/C10H22N2O2.ClH/c1-5-14-6-9(13)12-10(4,7-11)8(2)3;/h8H,5-7,11H2,1-4H3,(H,12,13);1H. The highest BCUT2D eigenvalue weighted by Gasteiger charge is 2.28. The van der Waals surface area contributed by atoms with Crippen LogP contribution in [0.4, 0.5) is 0 Å². The van der Waals surface area contributed by atoms with Gasteiger partial charge in [0.25, 0.3) is 0 Å². The third-order valence-electron chi connectivity index (χ3n) is 2.56. The number of carbonyl (C=O) groups is 1. The molecular weight excluding hydrogens is 216 g/mol. The summed E-state index contributed by atoms with van der Waals surface area (Å²) in [6, 6.07) is 0. The number of ether oxygens (including phenoxy) is 1. The SMILES string of the molecule is CCOCC(=O)NC(C)(CN)C(C)C.Cl. The highest BCUT2D eigenvalue weighted by atomic mass is 35.5. The molecule has 0 aliphatic carbocycles. The second-order valence-electron chi connectivity index (χ2n) is 3.96. The van der Waals surface area contributed by atoms with Gasteiger partial charge in [-0.25, -0.2) is 0 Å². The molecule has 0 aromatic rings. The molecule has 5 heteroatoms. The predicted molar refractivity (Wildman–Crippen MR) is 64.2 cm³/mol. The van der Waals surface area contributed by atoms with Crippen LogP contribution in [-0.2, 0) is 9.53 Å². The van der Waals surface area contributed by atoms with Gasteiger partial charge in [-0.2, -0.15) is 0 Å². The smallest absolute Gasteiger partial charge is 0.246 e. The minimum absolute atomic E-state index is 0. The van der Waals surface area contributed by atoms with E-state index in [4.69, 9.17) is 10.5 Å². The predicted octanol–water partition coefficient (Wildman–Crippen LogP) is 0.934. The molecule has 0 spiro atoms. The molecule has 0 radical (unpaired) electrons. The summed E-state index contributed by atoms with van der Waals surface area (Å²) in [4.78, 5) is 11.4. The van der Waals surface area contributed by atoms with Gasteiger partial charge in [-0.15, -0.1) is 12.4 Å². The number of halogens is 1. The zero-order valence-corrected chi connectivity index (χ0v) is 10.8. The van der Waals surface area contributed by atoms with Gasteiger partial charge in [0.2, 0.25) is 5.91 Å². The quantitative estimate of drug-likeness (QED) is 0.724. The summed E-state index contributed by atoms with van der Waals surface area (Å²) in [5, 5.41) is 2.89. The Bertz CT molecular complexity index is 188. The molecular formula is C10H23ClN2O2. The second-order valence-corrected chi connectivity index (χ2v) is 3.96. The van der Waals surface area contributed by atoms with Crippen molar-refractivity contribution in [3.05, 3.63) is 0 Å². The highest BCUT2D eigenvalue weighted by molar-refractivity contribution is 5.85. The van der Waals surface area contributed by atoms with Crippen LogP contribution in [0.25, 0.3) is 0 Å². The van der Waals surface area contributed by atoms with Gasteiger partial charge in [-0.05, 0) is 19.8 Å². The molecule has 0 fully saturated rings. The first-order chi connectivity index (χ1) is 6.46. The molecule has 1 atom stereocenters. The maximum absolute atomic E-state index is 11.4. The molecule has 0 aliphatic heterocycles. The van der Waals surface area contributed by atoms with Crippen molar-refractivity contribution in [1.82, 2.24) is 5.32 Å². The third-order valence-corrected chi connectivity index (χ3v) is 2.56. The lowest BCUT2D eigenvalue weighted by Gasteiger charge is -2.33. The molecule has 92 valence electrons. The Morgan fingerprint density at radius 2 is 2.07 bits per heavy atom. The fourth-order valence-corrected chi connectivity index (χ4v) is 0.980. The van der Waals surface area contributed by atoms with Crippen molar-refractivity contribution < 1.29 is 9.53 Å². The Hall–Kier alpha value is -0.320. The lowest BCUT2D eigenvalue weighted by molar-refractivity contribution is -0.127. The van der Waals surface area contributed by atoms with E-state index in [-0.39, 0.29) is 30.5 Å². The first kappa shape index (κ1) is 17.1. The molecule has 0 aromatic heterocycles. The van der Waals surface area contributed by atoms with Gasteiger partial charge in [0, 0.05) is 13.2 Å². The Morgan fingerprint density at radius 3 is 2.40 bits per heavy atom. The first-order valence-electron chi connectivity index (χ1n) is 5.05. The Balaban J connectivity index is 0. The van der Waals surface area contributed by atoms with Gasteiger partial charge in [0.05, 0.1) is 5.54 Å². The fraction of sp³-hybridized carbons (Fsp3) is 0.900. The van der Waals surface area contributed by atoms with Gasteiger partial charge >= 0.3 is 0 Å². The molecule has 1 amide bonds. The summed E-state index contributed by atoms with van der Waals surface area (Å²) in [5.74, 6) is 0.201. The highest BCUT2D eigenvalue weighted by Crippen LogP contribution is 2.14. The minimum atomic E-state index is -0.339. The van der Waals surface area contributed by atoms with Crippen LogP contribution in [0.1, 0.15) is 27.7 Å². The van der Waals surface area contributed by atoms with Gasteiger partial charge in [-0.3, -0.25) is 4.79 Å². The minimum Gasteiger partial charge on any atom is -0.372 e. The van der Waals surface area contributed by atoms with Crippen molar-refractivity contribution in [2.24, 2.45) is 11.7 Å². The first-order valence-corrected chi connectivity index (χ1v) is 5.05. The molecule has 0 heterocycles. The van der Waals surface area contributed by atoms with E-state index in [2.05, 4.69) is 5.32 Å². The number of hydrogen-bond donors (Lipinski definition) is 2. The van der Waals surface area contributed by atoms with E-state index >= 15 is 0 Å². The third kappa shape index (κ3) is 5.97. The summed E-state index contributed by atoms with van der Waals surface area (Å²) < 4.78 is 5.01. The molecule has 0 saturated carbocycles. The number of amides is 1. The van der Waals surface area contributed by atoms with Crippen LogP contribution in [0, 0.1) is 5.92 Å². The van der Waals surface area contributed by atoms with Crippen molar-refractivity contribution in [3.63, 3.8) is 0 Å². The number of rotatable bonds is 6. The average Bonchev–Trinajstić information content (AvgIpc) is 2.14.